The highest BCUT2D eigenvalue weighted by atomic mass is 16.3. The molecule has 5 heteroatoms. The predicted molar refractivity (Wildman–Crippen MR) is 76.3 cm³/mol. The first-order chi connectivity index (χ1) is 9.67. The van der Waals surface area contributed by atoms with Crippen LogP contribution in [0.2, 0.25) is 0 Å². The van der Waals surface area contributed by atoms with E-state index in [9.17, 15) is 9.90 Å². The number of urea groups is 1. The molecular formula is C15H16N2O3. The summed E-state index contributed by atoms with van der Waals surface area (Å²) in [6.45, 7) is 0.391. The van der Waals surface area contributed by atoms with Crippen LogP contribution < -0.4 is 10.6 Å². The lowest BCUT2D eigenvalue weighted by atomic mass is 10.1. The van der Waals surface area contributed by atoms with E-state index in [-0.39, 0.29) is 18.4 Å². The van der Waals surface area contributed by atoms with Crippen LogP contribution in [-0.2, 0) is 13.2 Å². The third kappa shape index (κ3) is 4.00. The van der Waals surface area contributed by atoms with Gasteiger partial charge in [0.2, 0.25) is 0 Å². The van der Waals surface area contributed by atoms with Gasteiger partial charge in [0, 0.05) is 18.3 Å². The lowest BCUT2D eigenvalue weighted by Crippen LogP contribution is -2.28. The summed E-state index contributed by atoms with van der Waals surface area (Å²) in [6, 6.07) is 13.3. The molecule has 0 aliphatic carbocycles. The molecule has 2 rings (SSSR count). The van der Waals surface area contributed by atoms with E-state index in [1.54, 1.807) is 12.1 Å². The largest absolute Gasteiger partial charge is 0.508 e. The second kappa shape index (κ2) is 6.58. The number of phenols is 1. The van der Waals surface area contributed by atoms with E-state index in [2.05, 4.69) is 10.6 Å². The molecular weight excluding hydrogens is 256 g/mol. The molecule has 4 N–H and O–H groups in total. The average molecular weight is 272 g/mol. The number of carbonyl (C=O) groups is 1. The Morgan fingerprint density at radius 3 is 2.40 bits per heavy atom. The maximum atomic E-state index is 11.7. The van der Waals surface area contributed by atoms with Crippen LogP contribution in [-0.4, -0.2) is 16.2 Å². The van der Waals surface area contributed by atoms with E-state index >= 15 is 0 Å². The molecule has 0 aromatic heterocycles. The van der Waals surface area contributed by atoms with Gasteiger partial charge in [-0.1, -0.05) is 30.3 Å². The Labute approximate surface area is 116 Å². The monoisotopic (exact) mass is 272 g/mol. The number of aliphatic hydroxyl groups is 1. The van der Waals surface area contributed by atoms with Crippen molar-refractivity contribution in [1.29, 1.82) is 0 Å². The number of amides is 2. The Morgan fingerprint density at radius 1 is 1.05 bits per heavy atom. The van der Waals surface area contributed by atoms with Crippen molar-refractivity contribution in [3.63, 3.8) is 0 Å². The highest BCUT2D eigenvalue weighted by molar-refractivity contribution is 5.89. The molecule has 0 heterocycles. The molecule has 0 saturated carbocycles. The number of nitrogens with one attached hydrogen (secondary N) is 2. The van der Waals surface area contributed by atoms with Crippen molar-refractivity contribution in [3.8, 4) is 5.75 Å². The lowest BCUT2D eigenvalue weighted by molar-refractivity contribution is 0.251. The van der Waals surface area contributed by atoms with Crippen molar-refractivity contribution in [2.75, 3.05) is 5.32 Å². The smallest absolute Gasteiger partial charge is 0.319 e. The fourth-order valence-electron chi connectivity index (χ4n) is 1.70. The van der Waals surface area contributed by atoms with Gasteiger partial charge in [-0.15, -0.1) is 0 Å². The number of hydrogen-bond donors (Lipinski definition) is 4. The third-order valence-corrected chi connectivity index (χ3v) is 2.76. The average Bonchev–Trinajstić information content (AvgIpc) is 2.46. The van der Waals surface area contributed by atoms with E-state index in [4.69, 9.17) is 5.11 Å². The Kier molecular flexibility index (Phi) is 4.57. The van der Waals surface area contributed by atoms with E-state index in [1.165, 1.54) is 12.1 Å². The highest BCUT2D eigenvalue weighted by Gasteiger charge is 2.02. The van der Waals surface area contributed by atoms with Gasteiger partial charge in [0.1, 0.15) is 5.75 Å². The summed E-state index contributed by atoms with van der Waals surface area (Å²) in [6.07, 6.45) is 0. The zero-order valence-electron chi connectivity index (χ0n) is 10.8. The van der Waals surface area contributed by atoms with Crippen LogP contribution in [0.1, 0.15) is 11.1 Å². The molecule has 0 aliphatic heterocycles. The number of aromatic hydroxyl groups is 1. The van der Waals surface area contributed by atoms with Crippen molar-refractivity contribution in [2.24, 2.45) is 0 Å². The lowest BCUT2D eigenvalue weighted by Gasteiger charge is -2.08. The summed E-state index contributed by atoms with van der Waals surface area (Å²) >= 11 is 0. The molecule has 2 aromatic carbocycles. The number of rotatable bonds is 4. The number of carbonyl (C=O) groups excluding carboxylic acids is 1. The second-order valence-electron chi connectivity index (χ2n) is 4.33. The topological polar surface area (TPSA) is 81.6 Å². The number of hydrogen-bond acceptors (Lipinski definition) is 3. The quantitative estimate of drug-likeness (QED) is 0.688. The summed E-state index contributed by atoms with van der Waals surface area (Å²) in [5.74, 6) is 0.0994. The molecule has 0 bridgehead atoms. The molecule has 0 spiro atoms. The number of aliphatic hydroxyl groups excluding tert-OH is 1. The first-order valence-corrected chi connectivity index (χ1v) is 6.20. The van der Waals surface area contributed by atoms with Gasteiger partial charge in [-0.05, 0) is 23.3 Å². The summed E-state index contributed by atoms with van der Waals surface area (Å²) in [5, 5.41) is 23.6. The standard InChI is InChI=1S/C15H16N2O3/c18-10-12-6-4-11(5-7-12)9-16-15(20)17-13-2-1-3-14(19)8-13/h1-8,18-19H,9-10H2,(H2,16,17,20). The van der Waals surface area contributed by atoms with Crippen molar-refractivity contribution in [3.05, 3.63) is 59.7 Å². The molecule has 20 heavy (non-hydrogen) atoms. The van der Waals surface area contributed by atoms with Gasteiger partial charge in [0.05, 0.1) is 6.61 Å². The molecule has 2 aromatic rings. The minimum Gasteiger partial charge on any atom is -0.508 e. The van der Waals surface area contributed by atoms with Gasteiger partial charge < -0.3 is 20.8 Å². The first-order valence-electron chi connectivity index (χ1n) is 6.20. The molecule has 0 unspecified atom stereocenters. The Balaban J connectivity index is 1.85. The van der Waals surface area contributed by atoms with Gasteiger partial charge in [-0.3, -0.25) is 0 Å². The summed E-state index contributed by atoms with van der Waals surface area (Å²) in [4.78, 5) is 11.7. The van der Waals surface area contributed by atoms with Crippen molar-refractivity contribution in [1.82, 2.24) is 5.32 Å². The summed E-state index contributed by atoms with van der Waals surface area (Å²) in [7, 11) is 0. The minimum atomic E-state index is -0.346. The van der Waals surface area contributed by atoms with Crippen LogP contribution >= 0.6 is 0 Å². The van der Waals surface area contributed by atoms with E-state index in [1.807, 2.05) is 24.3 Å². The maximum Gasteiger partial charge on any atom is 0.319 e. The molecule has 0 atom stereocenters. The van der Waals surface area contributed by atoms with Crippen LogP contribution in [0.3, 0.4) is 0 Å². The van der Waals surface area contributed by atoms with Crippen molar-refractivity contribution >= 4 is 11.7 Å². The molecule has 0 saturated heterocycles. The SMILES string of the molecule is O=C(NCc1ccc(CO)cc1)Nc1cccc(O)c1. The number of anilines is 1. The van der Waals surface area contributed by atoms with E-state index < -0.39 is 0 Å². The molecule has 104 valence electrons. The van der Waals surface area contributed by atoms with Gasteiger partial charge in [-0.2, -0.15) is 0 Å². The van der Waals surface area contributed by atoms with Crippen LogP contribution in [0.15, 0.2) is 48.5 Å². The fourth-order valence-corrected chi connectivity index (χ4v) is 1.70. The van der Waals surface area contributed by atoms with Gasteiger partial charge >= 0.3 is 6.03 Å². The molecule has 2 amide bonds. The minimum absolute atomic E-state index is 0.00565. The Hall–Kier alpha value is -2.53. The van der Waals surface area contributed by atoms with E-state index in [0.717, 1.165) is 11.1 Å². The predicted octanol–water partition coefficient (Wildman–Crippen LogP) is 2.21. The zero-order chi connectivity index (χ0) is 14.4. The van der Waals surface area contributed by atoms with Gasteiger partial charge in [0.15, 0.2) is 0 Å². The normalized spacial score (nSPS) is 10.1. The van der Waals surface area contributed by atoms with Crippen LogP contribution in [0.4, 0.5) is 10.5 Å². The first kappa shape index (κ1) is 13.9. The molecule has 0 aliphatic rings. The number of phenolic OH excluding ortho intramolecular Hbond substituents is 1. The second-order valence-corrected chi connectivity index (χ2v) is 4.33. The fraction of sp³-hybridized carbons (Fsp3) is 0.133. The van der Waals surface area contributed by atoms with Crippen LogP contribution in [0.25, 0.3) is 0 Å². The number of benzene rings is 2. The van der Waals surface area contributed by atoms with Crippen molar-refractivity contribution in [2.45, 2.75) is 13.2 Å². The summed E-state index contributed by atoms with van der Waals surface area (Å²) < 4.78 is 0. The molecule has 0 fully saturated rings. The highest BCUT2D eigenvalue weighted by Crippen LogP contribution is 2.15. The van der Waals surface area contributed by atoms with Crippen LogP contribution in [0, 0.1) is 0 Å². The van der Waals surface area contributed by atoms with Gasteiger partial charge in [-0.25, -0.2) is 4.79 Å². The maximum absolute atomic E-state index is 11.7. The van der Waals surface area contributed by atoms with Crippen LogP contribution in [0.5, 0.6) is 5.75 Å². The van der Waals surface area contributed by atoms with Crippen molar-refractivity contribution < 1.29 is 15.0 Å². The Morgan fingerprint density at radius 2 is 1.75 bits per heavy atom. The Bertz CT molecular complexity index is 582. The van der Waals surface area contributed by atoms with Gasteiger partial charge in [0.25, 0.3) is 0 Å². The zero-order valence-corrected chi connectivity index (χ0v) is 10.8. The molecule has 0 radical (unpaired) electrons. The summed E-state index contributed by atoms with van der Waals surface area (Å²) in [5.41, 5.74) is 2.30. The molecule has 5 nitrogen and oxygen atoms in total. The van der Waals surface area contributed by atoms with E-state index in [0.29, 0.717) is 12.2 Å². The third-order valence-electron chi connectivity index (χ3n) is 2.76.